The van der Waals surface area contributed by atoms with Crippen LogP contribution < -0.4 is 4.74 Å². The van der Waals surface area contributed by atoms with Gasteiger partial charge in [0, 0.05) is 0 Å². The van der Waals surface area contributed by atoms with Gasteiger partial charge in [-0.25, -0.2) is 4.21 Å². The highest BCUT2D eigenvalue weighted by atomic mass is 32.2. The van der Waals surface area contributed by atoms with Crippen LogP contribution in [0.2, 0.25) is 0 Å². The number of para-hydroxylation sites is 1. The molecule has 0 aliphatic rings. The SMILES string of the molecule is O=CC(Oc1ccccc1)S(=O)O. The average Bonchev–Trinajstić information content (AvgIpc) is 2.15. The minimum Gasteiger partial charge on any atom is -0.467 e. The second kappa shape index (κ2) is 4.74. The van der Waals surface area contributed by atoms with Crippen LogP contribution in [0.25, 0.3) is 0 Å². The minimum absolute atomic E-state index is 0.295. The summed E-state index contributed by atoms with van der Waals surface area (Å²) in [6, 6.07) is 8.39. The van der Waals surface area contributed by atoms with Crippen LogP contribution >= 0.6 is 0 Å². The molecule has 1 aromatic carbocycles. The number of hydrogen-bond acceptors (Lipinski definition) is 3. The van der Waals surface area contributed by atoms with Gasteiger partial charge in [0.2, 0.25) is 11.1 Å². The maximum atomic E-state index is 10.5. The van der Waals surface area contributed by atoms with E-state index in [0.29, 0.717) is 12.0 Å². The van der Waals surface area contributed by atoms with E-state index in [0.717, 1.165) is 0 Å². The Hall–Kier alpha value is -1.20. The van der Waals surface area contributed by atoms with Gasteiger partial charge in [0.25, 0.3) is 5.44 Å². The minimum atomic E-state index is -2.29. The third-order valence-corrected chi connectivity index (χ3v) is 1.91. The molecule has 0 fully saturated rings. The maximum absolute atomic E-state index is 10.5. The van der Waals surface area contributed by atoms with E-state index in [4.69, 9.17) is 9.29 Å². The molecule has 1 aromatic rings. The van der Waals surface area contributed by atoms with Gasteiger partial charge in [0.05, 0.1) is 0 Å². The lowest BCUT2D eigenvalue weighted by atomic mass is 10.3. The van der Waals surface area contributed by atoms with Crippen molar-refractivity contribution in [3.8, 4) is 5.75 Å². The summed E-state index contributed by atoms with van der Waals surface area (Å²) in [5.74, 6) is 0.391. The molecule has 2 unspecified atom stereocenters. The lowest BCUT2D eigenvalue weighted by Gasteiger charge is -2.08. The Morgan fingerprint density at radius 1 is 1.38 bits per heavy atom. The van der Waals surface area contributed by atoms with E-state index in [1.165, 1.54) is 0 Å². The van der Waals surface area contributed by atoms with Crippen LogP contribution in [0.15, 0.2) is 30.3 Å². The smallest absolute Gasteiger partial charge is 0.252 e. The quantitative estimate of drug-likeness (QED) is 0.577. The summed E-state index contributed by atoms with van der Waals surface area (Å²) in [6.45, 7) is 0. The average molecular weight is 200 g/mol. The van der Waals surface area contributed by atoms with Crippen LogP contribution in [0.3, 0.4) is 0 Å². The van der Waals surface area contributed by atoms with Crippen LogP contribution in [0, 0.1) is 0 Å². The van der Waals surface area contributed by atoms with E-state index in [1.807, 2.05) is 0 Å². The Kier molecular flexibility index (Phi) is 3.60. The van der Waals surface area contributed by atoms with E-state index in [2.05, 4.69) is 0 Å². The summed E-state index contributed by atoms with van der Waals surface area (Å²) in [5.41, 5.74) is -1.32. The van der Waals surface area contributed by atoms with Gasteiger partial charge in [-0.05, 0) is 12.1 Å². The van der Waals surface area contributed by atoms with Gasteiger partial charge >= 0.3 is 0 Å². The highest BCUT2D eigenvalue weighted by Gasteiger charge is 2.14. The Bertz CT molecular complexity index is 298. The van der Waals surface area contributed by atoms with Crippen molar-refractivity contribution in [1.82, 2.24) is 0 Å². The molecule has 13 heavy (non-hydrogen) atoms. The van der Waals surface area contributed by atoms with Gasteiger partial charge in [-0.3, -0.25) is 4.79 Å². The predicted molar refractivity (Wildman–Crippen MR) is 47.7 cm³/mol. The van der Waals surface area contributed by atoms with Crippen molar-refractivity contribution in [2.45, 2.75) is 5.44 Å². The third kappa shape index (κ3) is 2.96. The van der Waals surface area contributed by atoms with Crippen LogP contribution in [0.1, 0.15) is 0 Å². The number of rotatable bonds is 4. The molecule has 4 nitrogen and oxygen atoms in total. The number of carbonyl (C=O) groups is 1. The number of benzene rings is 1. The Balaban J connectivity index is 2.67. The normalized spacial score (nSPS) is 14.5. The first-order valence-electron chi connectivity index (χ1n) is 3.50. The number of aldehydes is 1. The van der Waals surface area contributed by atoms with Crippen LogP contribution in [-0.4, -0.2) is 20.5 Å². The molecule has 1 N–H and O–H groups in total. The summed E-state index contributed by atoms with van der Waals surface area (Å²) in [4.78, 5) is 10.3. The van der Waals surface area contributed by atoms with Crippen LogP contribution in [-0.2, 0) is 15.9 Å². The van der Waals surface area contributed by atoms with Gasteiger partial charge < -0.3 is 9.29 Å². The topological polar surface area (TPSA) is 63.6 Å². The van der Waals surface area contributed by atoms with Crippen molar-refractivity contribution in [2.24, 2.45) is 0 Å². The van der Waals surface area contributed by atoms with Crippen molar-refractivity contribution in [3.63, 3.8) is 0 Å². The highest BCUT2D eigenvalue weighted by Crippen LogP contribution is 2.10. The second-order valence-corrected chi connectivity index (χ2v) is 3.23. The first-order valence-corrected chi connectivity index (χ1v) is 4.67. The monoisotopic (exact) mass is 200 g/mol. The molecule has 0 saturated carbocycles. The molecule has 2 atom stereocenters. The third-order valence-electron chi connectivity index (χ3n) is 1.31. The van der Waals surface area contributed by atoms with Crippen LogP contribution in [0.5, 0.6) is 5.75 Å². The molecule has 0 aromatic heterocycles. The summed E-state index contributed by atoms with van der Waals surface area (Å²) in [7, 11) is 0. The van der Waals surface area contributed by atoms with Gasteiger partial charge in [-0.1, -0.05) is 18.2 Å². The van der Waals surface area contributed by atoms with Crippen molar-refractivity contribution in [1.29, 1.82) is 0 Å². The fourth-order valence-electron chi connectivity index (χ4n) is 0.750. The number of carbonyl (C=O) groups excluding carboxylic acids is 1. The van der Waals surface area contributed by atoms with Gasteiger partial charge in [0.1, 0.15) is 5.75 Å². The number of hydrogen-bond donors (Lipinski definition) is 1. The summed E-state index contributed by atoms with van der Waals surface area (Å²) in [6.07, 6.45) is 0.295. The van der Waals surface area contributed by atoms with E-state index in [1.54, 1.807) is 30.3 Å². The lowest BCUT2D eigenvalue weighted by molar-refractivity contribution is -0.110. The fraction of sp³-hybridized carbons (Fsp3) is 0.125. The van der Waals surface area contributed by atoms with Crippen molar-refractivity contribution < 1.29 is 18.3 Å². The Morgan fingerprint density at radius 2 is 2.00 bits per heavy atom. The Labute approximate surface area is 77.8 Å². The predicted octanol–water partition coefficient (Wildman–Crippen LogP) is 0.812. The summed E-state index contributed by atoms with van der Waals surface area (Å²) >= 11 is -2.29. The van der Waals surface area contributed by atoms with E-state index in [-0.39, 0.29) is 0 Å². The van der Waals surface area contributed by atoms with Crippen molar-refractivity contribution in [2.75, 3.05) is 0 Å². The molecule has 0 spiro atoms. The molecule has 0 bridgehead atoms. The molecule has 70 valence electrons. The maximum Gasteiger partial charge on any atom is 0.252 e. The highest BCUT2D eigenvalue weighted by molar-refractivity contribution is 7.80. The first kappa shape index (κ1) is 9.88. The van der Waals surface area contributed by atoms with E-state index in [9.17, 15) is 9.00 Å². The molecule has 0 aliphatic carbocycles. The molecular formula is C8H8O4S. The molecule has 0 radical (unpaired) electrons. The zero-order chi connectivity index (χ0) is 9.68. The lowest BCUT2D eigenvalue weighted by Crippen LogP contribution is -2.23. The zero-order valence-corrected chi connectivity index (χ0v) is 7.44. The molecule has 0 aliphatic heterocycles. The summed E-state index contributed by atoms with van der Waals surface area (Å²) in [5, 5.41) is 0. The van der Waals surface area contributed by atoms with Crippen molar-refractivity contribution >= 4 is 17.4 Å². The largest absolute Gasteiger partial charge is 0.467 e. The van der Waals surface area contributed by atoms with E-state index < -0.39 is 16.5 Å². The second-order valence-electron chi connectivity index (χ2n) is 2.21. The molecular weight excluding hydrogens is 192 g/mol. The van der Waals surface area contributed by atoms with Crippen LogP contribution in [0.4, 0.5) is 0 Å². The molecule has 1 rings (SSSR count). The number of ether oxygens (including phenoxy) is 1. The molecule has 0 amide bonds. The standard InChI is InChI=1S/C8H8O4S/c9-6-8(13(10)11)12-7-4-2-1-3-5-7/h1-6,8H,(H,10,11). The molecule has 0 heterocycles. The molecule has 0 saturated heterocycles. The zero-order valence-electron chi connectivity index (χ0n) is 6.62. The van der Waals surface area contributed by atoms with Gasteiger partial charge in [0.15, 0.2) is 6.29 Å². The van der Waals surface area contributed by atoms with Gasteiger partial charge in [-0.15, -0.1) is 0 Å². The fourth-order valence-corrected chi connectivity index (χ4v) is 1.04. The molecule has 5 heteroatoms. The van der Waals surface area contributed by atoms with Gasteiger partial charge in [-0.2, -0.15) is 0 Å². The Morgan fingerprint density at radius 3 is 2.46 bits per heavy atom. The first-order chi connectivity index (χ1) is 6.24. The summed E-state index contributed by atoms with van der Waals surface area (Å²) < 4.78 is 24.0. The van der Waals surface area contributed by atoms with Crippen molar-refractivity contribution in [3.05, 3.63) is 30.3 Å². The van der Waals surface area contributed by atoms with E-state index >= 15 is 0 Å².